The molecular weight excluding hydrogens is 384 g/mol. The average molecular weight is 398 g/mol. The number of pyridine rings is 1. The van der Waals surface area contributed by atoms with E-state index < -0.39 is 0 Å². The largest absolute Gasteiger partial charge is 0.383 e. The van der Waals surface area contributed by atoms with Gasteiger partial charge in [0.15, 0.2) is 5.82 Å². The Morgan fingerprint density at radius 1 is 1.05 bits per heavy atom. The molecule has 1 aliphatic rings. The molecular formula is C14H14Br2N4. The van der Waals surface area contributed by atoms with E-state index in [1.54, 1.807) is 6.20 Å². The zero-order valence-corrected chi connectivity index (χ0v) is 14.0. The molecule has 2 N–H and O–H groups in total. The van der Waals surface area contributed by atoms with Crippen molar-refractivity contribution in [2.45, 2.75) is 32.1 Å². The third kappa shape index (κ3) is 2.72. The molecule has 0 aromatic carbocycles. The summed E-state index contributed by atoms with van der Waals surface area (Å²) in [6, 6.07) is 1.94. The van der Waals surface area contributed by atoms with Gasteiger partial charge in [0, 0.05) is 26.4 Å². The molecule has 0 saturated carbocycles. The highest BCUT2D eigenvalue weighted by molar-refractivity contribution is 9.11. The lowest BCUT2D eigenvalue weighted by atomic mass is 10.1. The van der Waals surface area contributed by atoms with E-state index >= 15 is 0 Å². The van der Waals surface area contributed by atoms with Crippen LogP contribution in [0.1, 0.15) is 30.5 Å². The summed E-state index contributed by atoms with van der Waals surface area (Å²) in [7, 11) is 0. The number of hydrogen-bond acceptors (Lipinski definition) is 4. The molecule has 2 aromatic heterocycles. The Morgan fingerprint density at radius 3 is 2.65 bits per heavy atom. The highest BCUT2D eigenvalue weighted by atomic mass is 79.9. The number of aryl methyl sites for hydroxylation is 1. The molecule has 0 fully saturated rings. The second kappa shape index (κ2) is 5.77. The van der Waals surface area contributed by atoms with Crippen molar-refractivity contribution in [2.24, 2.45) is 0 Å². The highest BCUT2D eigenvalue weighted by Gasteiger charge is 2.17. The van der Waals surface area contributed by atoms with Crippen molar-refractivity contribution < 1.29 is 0 Å². The lowest BCUT2D eigenvalue weighted by Crippen LogP contribution is -2.07. The van der Waals surface area contributed by atoms with Gasteiger partial charge in [-0.3, -0.25) is 4.98 Å². The number of anilines is 1. The van der Waals surface area contributed by atoms with Gasteiger partial charge in [0.1, 0.15) is 11.5 Å². The monoisotopic (exact) mass is 396 g/mol. The third-order valence-corrected chi connectivity index (χ3v) is 4.52. The van der Waals surface area contributed by atoms with Crippen LogP contribution in [-0.2, 0) is 12.8 Å². The van der Waals surface area contributed by atoms with E-state index in [9.17, 15) is 0 Å². The predicted octanol–water partition coefficient (Wildman–Crippen LogP) is 3.91. The third-order valence-electron chi connectivity index (χ3n) is 3.48. The fraction of sp³-hybridized carbons (Fsp3) is 0.357. The summed E-state index contributed by atoms with van der Waals surface area (Å²) in [5, 5.41) is 0. The zero-order valence-electron chi connectivity index (χ0n) is 10.9. The van der Waals surface area contributed by atoms with E-state index in [1.165, 1.54) is 12.8 Å². The Morgan fingerprint density at radius 2 is 1.85 bits per heavy atom. The van der Waals surface area contributed by atoms with Crippen LogP contribution in [-0.4, -0.2) is 15.0 Å². The first-order valence-electron chi connectivity index (χ1n) is 6.62. The van der Waals surface area contributed by atoms with Gasteiger partial charge in [-0.05, 0) is 63.6 Å². The van der Waals surface area contributed by atoms with E-state index in [2.05, 4.69) is 41.8 Å². The number of nitrogens with zero attached hydrogens (tertiary/aromatic N) is 3. The Kier molecular flexibility index (Phi) is 4.03. The molecule has 2 heterocycles. The first-order valence-corrected chi connectivity index (χ1v) is 8.20. The van der Waals surface area contributed by atoms with E-state index in [0.717, 1.165) is 45.2 Å². The number of nitrogen functional groups attached to an aromatic ring is 1. The van der Waals surface area contributed by atoms with Gasteiger partial charge in [-0.15, -0.1) is 0 Å². The number of fused-ring (bicyclic) bond motifs is 1. The quantitative estimate of drug-likeness (QED) is 0.740. The number of hydrogen-bond donors (Lipinski definition) is 1. The van der Waals surface area contributed by atoms with Gasteiger partial charge < -0.3 is 5.73 Å². The molecule has 0 atom stereocenters. The maximum absolute atomic E-state index is 6.13. The molecule has 2 aromatic rings. The molecule has 20 heavy (non-hydrogen) atoms. The minimum atomic E-state index is 0.600. The number of aromatic nitrogens is 3. The molecule has 104 valence electrons. The molecule has 0 amide bonds. The normalized spacial score (nSPS) is 14.7. The van der Waals surface area contributed by atoms with Crippen molar-refractivity contribution in [3.8, 4) is 11.5 Å². The van der Waals surface area contributed by atoms with Gasteiger partial charge in [0.2, 0.25) is 0 Å². The molecule has 0 saturated heterocycles. The van der Waals surface area contributed by atoms with Gasteiger partial charge in [0.25, 0.3) is 0 Å². The fourth-order valence-corrected chi connectivity index (χ4v) is 3.65. The summed E-state index contributed by atoms with van der Waals surface area (Å²) in [5.41, 5.74) is 9.06. The van der Waals surface area contributed by atoms with Gasteiger partial charge >= 0.3 is 0 Å². The summed E-state index contributed by atoms with van der Waals surface area (Å²) < 4.78 is 1.77. The van der Waals surface area contributed by atoms with Crippen LogP contribution >= 0.6 is 31.9 Å². The fourth-order valence-electron chi connectivity index (χ4n) is 2.48. The lowest BCUT2D eigenvalue weighted by Gasteiger charge is -2.11. The number of rotatable bonds is 1. The van der Waals surface area contributed by atoms with Crippen LogP contribution in [0.4, 0.5) is 5.82 Å². The van der Waals surface area contributed by atoms with Gasteiger partial charge in [-0.1, -0.05) is 6.42 Å². The summed E-state index contributed by atoms with van der Waals surface area (Å²) in [6.45, 7) is 0. The number of halogens is 2. The molecule has 6 heteroatoms. The summed E-state index contributed by atoms with van der Waals surface area (Å²) in [5.74, 6) is 1.20. The second-order valence-corrected chi connectivity index (χ2v) is 6.67. The zero-order chi connectivity index (χ0) is 14.1. The van der Waals surface area contributed by atoms with Crippen molar-refractivity contribution in [3.63, 3.8) is 0 Å². The van der Waals surface area contributed by atoms with Crippen LogP contribution in [0.25, 0.3) is 11.5 Å². The van der Waals surface area contributed by atoms with Crippen LogP contribution in [0.5, 0.6) is 0 Å². The topological polar surface area (TPSA) is 64.7 Å². The van der Waals surface area contributed by atoms with Gasteiger partial charge in [-0.25, -0.2) is 9.97 Å². The van der Waals surface area contributed by atoms with E-state index in [0.29, 0.717) is 11.6 Å². The molecule has 0 aliphatic heterocycles. The SMILES string of the molecule is Nc1nc(-c2ncc(Br)cc2Br)nc2c1CCCCC2. The molecule has 0 unspecified atom stereocenters. The maximum Gasteiger partial charge on any atom is 0.181 e. The van der Waals surface area contributed by atoms with Crippen LogP contribution in [0, 0.1) is 0 Å². The van der Waals surface area contributed by atoms with E-state index in [4.69, 9.17) is 10.7 Å². The minimum absolute atomic E-state index is 0.600. The first kappa shape index (κ1) is 13.9. The van der Waals surface area contributed by atoms with Gasteiger partial charge in [0.05, 0.1) is 0 Å². The van der Waals surface area contributed by atoms with Crippen molar-refractivity contribution in [1.82, 2.24) is 15.0 Å². The highest BCUT2D eigenvalue weighted by Crippen LogP contribution is 2.30. The Bertz CT molecular complexity index is 658. The smallest absolute Gasteiger partial charge is 0.181 e. The summed E-state index contributed by atoms with van der Waals surface area (Å²) in [4.78, 5) is 13.5. The lowest BCUT2D eigenvalue weighted by molar-refractivity contribution is 0.709. The van der Waals surface area contributed by atoms with Crippen molar-refractivity contribution in [2.75, 3.05) is 5.73 Å². The maximum atomic E-state index is 6.13. The second-order valence-electron chi connectivity index (χ2n) is 4.90. The molecule has 0 spiro atoms. The van der Waals surface area contributed by atoms with Crippen molar-refractivity contribution in [1.29, 1.82) is 0 Å². The van der Waals surface area contributed by atoms with Crippen LogP contribution in [0.2, 0.25) is 0 Å². The van der Waals surface area contributed by atoms with E-state index in [1.807, 2.05) is 6.07 Å². The van der Waals surface area contributed by atoms with Crippen molar-refractivity contribution in [3.05, 3.63) is 32.5 Å². The average Bonchev–Trinajstić information content (AvgIpc) is 2.64. The Labute approximate surface area is 134 Å². The van der Waals surface area contributed by atoms with Crippen LogP contribution < -0.4 is 5.73 Å². The molecule has 3 rings (SSSR count). The predicted molar refractivity (Wildman–Crippen MR) is 86.3 cm³/mol. The first-order chi connectivity index (χ1) is 9.65. The molecule has 1 aliphatic carbocycles. The molecule has 0 bridgehead atoms. The van der Waals surface area contributed by atoms with Crippen molar-refractivity contribution >= 4 is 37.7 Å². The minimum Gasteiger partial charge on any atom is -0.383 e. The number of nitrogens with two attached hydrogens (primary N) is 1. The van der Waals surface area contributed by atoms with Crippen LogP contribution in [0.3, 0.4) is 0 Å². The summed E-state index contributed by atoms with van der Waals surface area (Å²) >= 11 is 6.90. The van der Waals surface area contributed by atoms with Crippen LogP contribution in [0.15, 0.2) is 21.2 Å². The Balaban J connectivity index is 2.11. The summed E-state index contributed by atoms with van der Waals surface area (Å²) in [6.07, 6.45) is 7.26. The molecule has 0 radical (unpaired) electrons. The Hall–Kier alpha value is -1.01. The van der Waals surface area contributed by atoms with E-state index in [-0.39, 0.29) is 0 Å². The van der Waals surface area contributed by atoms with Gasteiger partial charge in [-0.2, -0.15) is 0 Å². The molecule has 4 nitrogen and oxygen atoms in total. The standard InChI is InChI=1S/C14H14Br2N4/c15-8-6-10(16)12(18-7-8)14-19-11-5-3-1-2-4-9(11)13(17)20-14/h6-7H,1-5H2,(H2,17,19,20).